The number of rotatable bonds is 6. The zero-order valence-electron chi connectivity index (χ0n) is 17.1. The van der Waals surface area contributed by atoms with Crippen molar-refractivity contribution in [3.63, 3.8) is 0 Å². The number of likely N-dealkylation sites (N-methyl/N-ethyl adjacent to an activating group) is 1. The molecule has 9 nitrogen and oxygen atoms in total. The van der Waals surface area contributed by atoms with E-state index in [1.165, 1.54) is 0 Å². The largest absolute Gasteiger partial charge is 0.472 e. The van der Waals surface area contributed by atoms with Crippen molar-refractivity contribution in [2.24, 2.45) is 5.92 Å². The molecule has 3 aromatic heterocycles. The van der Waals surface area contributed by atoms with Gasteiger partial charge < -0.3 is 24.2 Å². The van der Waals surface area contributed by atoms with Gasteiger partial charge in [0.05, 0.1) is 17.7 Å². The van der Waals surface area contributed by atoms with Crippen LogP contribution in [0.3, 0.4) is 0 Å². The van der Waals surface area contributed by atoms with Crippen LogP contribution in [0.15, 0.2) is 28.9 Å². The molecule has 2 aliphatic rings. The maximum atomic E-state index is 12.0. The Morgan fingerprint density at radius 1 is 1.37 bits per heavy atom. The Morgan fingerprint density at radius 2 is 2.23 bits per heavy atom. The first-order valence-electron chi connectivity index (χ1n) is 10.3. The number of pyridine rings is 1. The highest BCUT2D eigenvalue weighted by molar-refractivity contribution is 5.93. The van der Waals surface area contributed by atoms with Crippen molar-refractivity contribution < 1.29 is 18.8 Å². The summed E-state index contributed by atoms with van der Waals surface area (Å²) in [4.78, 5) is 14.2. The predicted molar refractivity (Wildman–Crippen MR) is 110 cm³/mol. The minimum atomic E-state index is 0.00329. The quantitative estimate of drug-likeness (QED) is 0.665. The van der Waals surface area contributed by atoms with Crippen molar-refractivity contribution in [3.05, 3.63) is 30.2 Å². The van der Waals surface area contributed by atoms with Crippen LogP contribution < -0.4 is 10.1 Å². The number of amides is 1. The zero-order valence-corrected chi connectivity index (χ0v) is 17.1. The van der Waals surface area contributed by atoms with Gasteiger partial charge in [-0.05, 0) is 49.7 Å². The second kappa shape index (κ2) is 7.73. The number of fused-ring (bicyclic) bond motifs is 1. The second-order valence-corrected chi connectivity index (χ2v) is 8.06. The summed E-state index contributed by atoms with van der Waals surface area (Å²) < 4.78 is 18.9. The van der Waals surface area contributed by atoms with Gasteiger partial charge in [-0.15, -0.1) is 0 Å². The van der Waals surface area contributed by atoms with Crippen LogP contribution in [0, 0.1) is 12.8 Å². The summed E-state index contributed by atoms with van der Waals surface area (Å²) in [5, 5.41) is 11.4. The van der Waals surface area contributed by atoms with E-state index in [9.17, 15) is 4.79 Å². The monoisotopic (exact) mass is 411 g/mol. The van der Waals surface area contributed by atoms with Crippen LogP contribution in [-0.2, 0) is 9.53 Å². The molecule has 9 heteroatoms. The van der Waals surface area contributed by atoms with Crippen molar-refractivity contribution in [1.82, 2.24) is 19.7 Å². The predicted octanol–water partition coefficient (Wildman–Crippen LogP) is 2.36. The average molecular weight is 411 g/mol. The lowest BCUT2D eigenvalue weighted by atomic mass is 10.1. The number of hydrogen-bond acceptors (Lipinski definition) is 7. The maximum absolute atomic E-state index is 12.0. The first-order chi connectivity index (χ1) is 14.6. The normalized spacial score (nSPS) is 19.9. The molecule has 0 bridgehead atoms. The first kappa shape index (κ1) is 19.1. The summed E-state index contributed by atoms with van der Waals surface area (Å²) in [7, 11) is 2.07. The molecule has 4 heterocycles. The number of hydrogen-bond donors (Lipinski definition) is 1. The molecule has 1 saturated carbocycles. The minimum Gasteiger partial charge on any atom is -0.472 e. The third kappa shape index (κ3) is 3.90. The molecular formula is C21H25N5O4. The van der Waals surface area contributed by atoms with Crippen LogP contribution in [0.1, 0.15) is 18.6 Å². The van der Waals surface area contributed by atoms with E-state index >= 15 is 0 Å². The van der Waals surface area contributed by atoms with Crippen molar-refractivity contribution in [1.29, 1.82) is 0 Å². The zero-order chi connectivity index (χ0) is 20.7. The molecule has 1 atom stereocenters. The number of nitrogens with one attached hydrogen (secondary N) is 1. The third-order valence-corrected chi connectivity index (χ3v) is 5.53. The van der Waals surface area contributed by atoms with Gasteiger partial charge in [-0.3, -0.25) is 4.79 Å². The molecule has 1 N–H and O–H groups in total. The van der Waals surface area contributed by atoms with Gasteiger partial charge in [-0.25, -0.2) is 4.52 Å². The van der Waals surface area contributed by atoms with Gasteiger partial charge >= 0.3 is 0 Å². The molecule has 0 unspecified atom stereocenters. The van der Waals surface area contributed by atoms with Crippen LogP contribution in [0.2, 0.25) is 0 Å². The molecule has 0 spiro atoms. The third-order valence-electron chi connectivity index (χ3n) is 5.53. The van der Waals surface area contributed by atoms with Gasteiger partial charge in [0.25, 0.3) is 5.88 Å². The summed E-state index contributed by atoms with van der Waals surface area (Å²) >= 11 is 0. The van der Waals surface area contributed by atoms with E-state index < -0.39 is 0 Å². The lowest BCUT2D eigenvalue weighted by Crippen LogP contribution is -2.42. The molecular weight excluding hydrogens is 386 g/mol. The molecule has 0 aromatic carbocycles. The summed E-state index contributed by atoms with van der Waals surface area (Å²) in [6.07, 6.45) is 3.78. The lowest BCUT2D eigenvalue weighted by molar-refractivity contribution is -0.117. The van der Waals surface area contributed by atoms with E-state index in [1.54, 1.807) is 4.52 Å². The highest BCUT2D eigenvalue weighted by atomic mass is 16.6. The highest BCUT2D eigenvalue weighted by Gasteiger charge is 2.30. The standard InChI is InChI=1S/C21H25N5O4/c1-13-19(21(24-30-13)29-12-17-11-25(2)7-8-28-17)15-5-6-26-16(9-15)10-18(23-26)22-20(27)14-3-4-14/h5-6,9-10,14,17H,3-4,7-8,11-12H2,1-2H3,(H,22,23,27)/t17-/m1/s1. The van der Waals surface area contributed by atoms with E-state index in [0.29, 0.717) is 30.7 Å². The maximum Gasteiger partial charge on any atom is 0.262 e. The molecule has 0 radical (unpaired) electrons. The Morgan fingerprint density at radius 3 is 3.03 bits per heavy atom. The Kier molecular flexibility index (Phi) is 4.92. The van der Waals surface area contributed by atoms with E-state index in [2.05, 4.69) is 27.5 Å². The van der Waals surface area contributed by atoms with Gasteiger partial charge in [0.1, 0.15) is 18.5 Å². The Hall–Kier alpha value is -2.91. The van der Waals surface area contributed by atoms with Crippen LogP contribution in [0.4, 0.5) is 5.82 Å². The number of morpholine rings is 1. The number of carbonyl (C=O) groups is 1. The fourth-order valence-electron chi connectivity index (χ4n) is 3.70. The first-order valence-corrected chi connectivity index (χ1v) is 10.3. The van der Waals surface area contributed by atoms with Crippen LogP contribution in [0.25, 0.3) is 16.6 Å². The Labute approximate surface area is 173 Å². The molecule has 3 aromatic rings. The number of carbonyl (C=O) groups excluding carboxylic acids is 1. The van der Waals surface area contributed by atoms with Crippen LogP contribution in [0.5, 0.6) is 5.88 Å². The lowest BCUT2D eigenvalue weighted by Gasteiger charge is -2.29. The van der Waals surface area contributed by atoms with E-state index in [1.807, 2.05) is 31.3 Å². The fraction of sp³-hybridized carbons (Fsp3) is 0.476. The number of aromatic nitrogens is 3. The number of anilines is 1. The Bertz CT molecular complexity index is 1070. The Balaban J connectivity index is 1.35. The van der Waals surface area contributed by atoms with Crippen LogP contribution >= 0.6 is 0 Å². The topological polar surface area (TPSA) is 94.1 Å². The minimum absolute atomic E-state index is 0.00329. The van der Waals surface area contributed by atoms with Gasteiger partial charge in [-0.1, -0.05) is 0 Å². The van der Waals surface area contributed by atoms with Gasteiger partial charge in [0, 0.05) is 31.3 Å². The second-order valence-electron chi connectivity index (χ2n) is 8.06. The molecule has 1 amide bonds. The molecule has 1 aliphatic carbocycles. The van der Waals surface area contributed by atoms with Gasteiger partial charge in [0.15, 0.2) is 5.82 Å². The number of nitrogens with zero attached hydrogens (tertiary/aromatic N) is 4. The molecule has 1 aliphatic heterocycles. The number of aryl methyl sites for hydroxylation is 1. The van der Waals surface area contributed by atoms with Crippen molar-refractivity contribution in [3.8, 4) is 17.0 Å². The summed E-state index contributed by atoms with van der Waals surface area (Å²) in [6, 6.07) is 5.78. The van der Waals surface area contributed by atoms with Gasteiger partial charge in [-0.2, -0.15) is 5.10 Å². The van der Waals surface area contributed by atoms with E-state index in [-0.39, 0.29) is 17.9 Å². The van der Waals surface area contributed by atoms with Crippen LogP contribution in [-0.4, -0.2) is 65.0 Å². The van der Waals surface area contributed by atoms with Crippen molar-refractivity contribution >= 4 is 17.2 Å². The van der Waals surface area contributed by atoms with Gasteiger partial charge in [0.2, 0.25) is 5.91 Å². The summed E-state index contributed by atoms with van der Waals surface area (Å²) in [5.74, 6) is 1.87. The molecule has 1 saturated heterocycles. The number of ether oxygens (including phenoxy) is 2. The highest BCUT2D eigenvalue weighted by Crippen LogP contribution is 2.34. The molecule has 30 heavy (non-hydrogen) atoms. The molecule has 158 valence electrons. The van der Waals surface area contributed by atoms with Crippen molar-refractivity contribution in [2.45, 2.75) is 25.9 Å². The van der Waals surface area contributed by atoms with E-state index in [4.69, 9.17) is 14.0 Å². The average Bonchev–Trinajstić information content (AvgIpc) is 3.41. The smallest absolute Gasteiger partial charge is 0.262 e. The van der Waals surface area contributed by atoms with Crippen molar-refractivity contribution in [2.75, 3.05) is 38.7 Å². The van der Waals surface area contributed by atoms with E-state index in [0.717, 1.165) is 42.6 Å². The fourth-order valence-corrected chi connectivity index (χ4v) is 3.70. The summed E-state index contributed by atoms with van der Waals surface area (Å²) in [6.45, 7) is 4.73. The molecule has 2 fully saturated rings. The summed E-state index contributed by atoms with van der Waals surface area (Å²) in [5.41, 5.74) is 2.59. The molecule has 5 rings (SSSR count). The SMILES string of the molecule is Cc1onc(OC[C@H]2CN(C)CCO2)c1-c1ccn2nc(NC(=O)C3CC3)cc2c1.